The lowest BCUT2D eigenvalue weighted by molar-refractivity contribution is -0.137. The summed E-state index contributed by atoms with van der Waals surface area (Å²) in [6.45, 7) is 4.95. The molecule has 2 aliphatic rings. The van der Waals surface area contributed by atoms with E-state index in [4.69, 9.17) is 4.74 Å². The molecule has 0 N–H and O–H groups in total. The number of imidazole rings is 1. The maximum atomic E-state index is 12.6. The van der Waals surface area contributed by atoms with Gasteiger partial charge in [-0.15, -0.1) is 0 Å². The molecular weight excluding hydrogens is 359 g/mol. The number of halogens is 3. The van der Waals surface area contributed by atoms with Gasteiger partial charge in [0, 0.05) is 45.1 Å². The fraction of sp³-hybridized carbons (Fsp3) is 0.444. The van der Waals surface area contributed by atoms with E-state index in [1.165, 1.54) is 12.1 Å². The van der Waals surface area contributed by atoms with Crippen molar-refractivity contribution < 1.29 is 17.9 Å². The monoisotopic (exact) mass is 379 g/mol. The Morgan fingerprint density at radius 3 is 2.56 bits per heavy atom. The van der Waals surface area contributed by atoms with Gasteiger partial charge in [0.25, 0.3) is 6.01 Å². The molecule has 1 fully saturated rings. The average Bonchev–Trinajstić information content (AvgIpc) is 3.22. The number of ether oxygens (including phenoxy) is 1. The van der Waals surface area contributed by atoms with Gasteiger partial charge >= 0.3 is 6.18 Å². The molecule has 144 valence electrons. The van der Waals surface area contributed by atoms with Gasteiger partial charge in [0.15, 0.2) is 0 Å². The van der Waals surface area contributed by atoms with E-state index in [2.05, 4.69) is 15.0 Å². The number of hydrogen-bond donors (Lipinski definition) is 0. The predicted molar refractivity (Wildman–Crippen MR) is 93.7 cm³/mol. The molecule has 0 amide bonds. The number of alkyl halides is 3. The van der Waals surface area contributed by atoms with Crippen molar-refractivity contribution in [1.82, 2.24) is 19.5 Å². The molecule has 0 radical (unpaired) electrons. The molecule has 0 saturated carbocycles. The minimum Gasteiger partial charge on any atom is -0.458 e. The van der Waals surface area contributed by atoms with Crippen LogP contribution in [0.3, 0.4) is 0 Å². The number of benzene rings is 1. The van der Waals surface area contributed by atoms with Crippen molar-refractivity contribution in [2.45, 2.75) is 18.8 Å². The summed E-state index contributed by atoms with van der Waals surface area (Å²) in [4.78, 5) is 6.49. The number of nitrogens with zero attached hydrogens (tertiary/aromatic N) is 5. The maximum Gasteiger partial charge on any atom is 0.416 e. The highest BCUT2D eigenvalue weighted by molar-refractivity contribution is 5.79. The molecular formula is C18H20F3N5O. The molecule has 9 heteroatoms. The molecule has 1 aromatic carbocycles. The summed E-state index contributed by atoms with van der Waals surface area (Å²) in [5.41, 5.74) is 0.00326. The van der Waals surface area contributed by atoms with Gasteiger partial charge in [-0.05, 0) is 17.7 Å². The number of hydrogen-bond acceptors (Lipinski definition) is 5. The minimum absolute atomic E-state index is 0.121. The van der Waals surface area contributed by atoms with Crippen LogP contribution in [0.4, 0.5) is 13.2 Å². The third kappa shape index (κ3) is 4.24. The normalized spacial score (nSPS) is 20.9. The van der Waals surface area contributed by atoms with E-state index in [9.17, 15) is 13.2 Å². The summed E-state index contributed by atoms with van der Waals surface area (Å²) in [5.74, 6) is 0. The Morgan fingerprint density at radius 2 is 1.89 bits per heavy atom. The molecule has 2 aliphatic heterocycles. The van der Waals surface area contributed by atoms with Crippen LogP contribution in [0.15, 0.2) is 41.8 Å². The molecule has 0 aliphatic carbocycles. The first-order valence-corrected chi connectivity index (χ1v) is 8.84. The van der Waals surface area contributed by atoms with Gasteiger partial charge in [0.05, 0.1) is 18.3 Å². The quantitative estimate of drug-likeness (QED) is 0.765. The first kappa shape index (κ1) is 17.8. The predicted octanol–water partition coefficient (Wildman–Crippen LogP) is 2.31. The highest BCUT2D eigenvalue weighted by Crippen LogP contribution is 2.28. The van der Waals surface area contributed by atoms with Crippen molar-refractivity contribution >= 4 is 6.21 Å². The van der Waals surface area contributed by atoms with Gasteiger partial charge in [-0.3, -0.25) is 14.5 Å². The third-order valence-corrected chi connectivity index (χ3v) is 4.77. The standard InChI is InChI=1S/C18H20F3N5O/c19-18(20,21)15-3-1-14(2-4-15)11-23-26-9-7-24(8-10-26)12-16-13-25-6-5-22-17(25)27-16/h1-6,11,16H,7-10,12-13H2. The van der Waals surface area contributed by atoms with Crippen molar-refractivity contribution in [2.24, 2.45) is 5.10 Å². The molecule has 3 heterocycles. The molecule has 4 rings (SSSR count). The van der Waals surface area contributed by atoms with Crippen LogP contribution in [0.25, 0.3) is 0 Å². The van der Waals surface area contributed by atoms with Crippen molar-refractivity contribution in [1.29, 1.82) is 0 Å². The molecule has 1 atom stereocenters. The summed E-state index contributed by atoms with van der Waals surface area (Å²) in [6, 6.07) is 5.70. The average molecular weight is 379 g/mol. The van der Waals surface area contributed by atoms with E-state index < -0.39 is 11.7 Å². The Kier molecular flexibility index (Phi) is 4.77. The van der Waals surface area contributed by atoms with Crippen molar-refractivity contribution in [2.75, 3.05) is 32.7 Å². The lowest BCUT2D eigenvalue weighted by Crippen LogP contribution is -2.47. The van der Waals surface area contributed by atoms with Crippen LogP contribution in [-0.4, -0.2) is 64.5 Å². The lowest BCUT2D eigenvalue weighted by atomic mass is 10.1. The van der Waals surface area contributed by atoms with Gasteiger partial charge < -0.3 is 4.74 Å². The summed E-state index contributed by atoms with van der Waals surface area (Å²) in [5, 5.41) is 6.33. The number of hydrazone groups is 1. The Bertz CT molecular complexity index is 774. The molecule has 1 unspecified atom stereocenters. The Morgan fingerprint density at radius 1 is 1.15 bits per heavy atom. The molecule has 27 heavy (non-hydrogen) atoms. The van der Waals surface area contributed by atoms with Crippen LogP contribution >= 0.6 is 0 Å². The van der Waals surface area contributed by atoms with E-state index in [1.54, 1.807) is 12.4 Å². The molecule has 2 aromatic rings. The fourth-order valence-corrected chi connectivity index (χ4v) is 3.28. The second kappa shape index (κ2) is 7.22. The van der Waals surface area contributed by atoms with Crippen LogP contribution in [-0.2, 0) is 12.7 Å². The molecule has 6 nitrogen and oxygen atoms in total. The Balaban J connectivity index is 1.23. The summed E-state index contributed by atoms with van der Waals surface area (Å²) < 4.78 is 45.5. The molecule has 0 bridgehead atoms. The Hall–Kier alpha value is -2.55. The topological polar surface area (TPSA) is 45.9 Å². The minimum atomic E-state index is -4.31. The first-order chi connectivity index (χ1) is 13.0. The van der Waals surface area contributed by atoms with Crippen molar-refractivity contribution in [3.63, 3.8) is 0 Å². The van der Waals surface area contributed by atoms with Crippen LogP contribution in [0.5, 0.6) is 6.01 Å². The highest BCUT2D eigenvalue weighted by Gasteiger charge is 2.30. The van der Waals surface area contributed by atoms with Crippen molar-refractivity contribution in [3.05, 3.63) is 47.8 Å². The highest BCUT2D eigenvalue weighted by atomic mass is 19.4. The van der Waals surface area contributed by atoms with Crippen LogP contribution < -0.4 is 4.74 Å². The van der Waals surface area contributed by atoms with Crippen LogP contribution in [0.2, 0.25) is 0 Å². The zero-order valence-corrected chi connectivity index (χ0v) is 14.6. The number of aromatic nitrogens is 2. The van der Waals surface area contributed by atoms with Gasteiger partial charge in [0.2, 0.25) is 0 Å². The van der Waals surface area contributed by atoms with E-state index in [1.807, 2.05) is 15.8 Å². The molecule has 1 aromatic heterocycles. The SMILES string of the molecule is FC(F)(F)c1ccc(C=NN2CCN(CC3Cn4ccnc4O3)CC2)cc1. The smallest absolute Gasteiger partial charge is 0.416 e. The summed E-state index contributed by atoms with van der Waals surface area (Å²) in [7, 11) is 0. The largest absolute Gasteiger partial charge is 0.458 e. The van der Waals surface area contributed by atoms with Gasteiger partial charge in [-0.25, -0.2) is 4.98 Å². The second-order valence-corrected chi connectivity index (χ2v) is 6.72. The van der Waals surface area contributed by atoms with Gasteiger partial charge in [0.1, 0.15) is 6.10 Å². The number of piperazine rings is 1. The summed E-state index contributed by atoms with van der Waals surface area (Å²) in [6.07, 6.45) is 1.07. The zero-order chi connectivity index (χ0) is 18.9. The van der Waals surface area contributed by atoms with Crippen LogP contribution in [0.1, 0.15) is 11.1 Å². The Labute approximate surface area is 154 Å². The van der Waals surface area contributed by atoms with E-state index in [0.717, 1.165) is 51.4 Å². The summed E-state index contributed by atoms with van der Waals surface area (Å²) >= 11 is 0. The zero-order valence-electron chi connectivity index (χ0n) is 14.6. The number of rotatable bonds is 4. The van der Waals surface area contributed by atoms with Crippen LogP contribution in [0, 0.1) is 0 Å². The third-order valence-electron chi connectivity index (χ3n) is 4.77. The molecule has 1 saturated heterocycles. The first-order valence-electron chi connectivity index (χ1n) is 8.84. The van der Waals surface area contributed by atoms with E-state index in [0.29, 0.717) is 11.6 Å². The van der Waals surface area contributed by atoms with E-state index in [-0.39, 0.29) is 6.10 Å². The van der Waals surface area contributed by atoms with Crippen molar-refractivity contribution in [3.8, 4) is 6.01 Å². The lowest BCUT2D eigenvalue weighted by Gasteiger charge is -2.33. The van der Waals surface area contributed by atoms with Gasteiger partial charge in [-0.2, -0.15) is 18.3 Å². The second-order valence-electron chi connectivity index (χ2n) is 6.72. The maximum absolute atomic E-state index is 12.6. The van der Waals surface area contributed by atoms with Gasteiger partial charge in [-0.1, -0.05) is 12.1 Å². The van der Waals surface area contributed by atoms with E-state index >= 15 is 0 Å². The molecule has 0 spiro atoms. The fourth-order valence-electron chi connectivity index (χ4n) is 3.28. The number of fused-ring (bicyclic) bond motifs is 1.